The molecule has 0 heterocycles. The lowest BCUT2D eigenvalue weighted by molar-refractivity contribution is -0.149. The summed E-state index contributed by atoms with van der Waals surface area (Å²) in [4.78, 5) is 24.3. The zero-order valence-electron chi connectivity index (χ0n) is 24.9. The Morgan fingerprint density at radius 2 is 1.39 bits per heavy atom. The average molecular weight is 516 g/mol. The summed E-state index contributed by atoms with van der Waals surface area (Å²) in [5.41, 5.74) is 0. The van der Waals surface area contributed by atoms with E-state index in [0.29, 0.717) is 25.7 Å². The van der Waals surface area contributed by atoms with Crippen LogP contribution in [-0.2, 0) is 23.8 Å². The van der Waals surface area contributed by atoms with Crippen molar-refractivity contribution >= 4 is 12.4 Å². The lowest BCUT2D eigenvalue weighted by Crippen LogP contribution is -2.29. The molecule has 0 aliphatic heterocycles. The second-order valence-corrected chi connectivity index (χ2v) is 9.85. The van der Waals surface area contributed by atoms with Crippen molar-refractivity contribution in [1.82, 2.24) is 4.90 Å². The number of carbonyl (C=O) groups excluding carboxylic acids is 2. The van der Waals surface area contributed by atoms with E-state index >= 15 is 0 Å². The number of nitrogens with zero attached hydrogens (tertiary/aromatic N) is 1. The maximum Gasteiger partial charge on any atom is 0.308 e. The van der Waals surface area contributed by atoms with Crippen LogP contribution >= 0.6 is 0 Å². The van der Waals surface area contributed by atoms with E-state index in [2.05, 4.69) is 44.4 Å². The molecule has 0 spiro atoms. The number of unbranched alkanes of at least 4 members (excludes halogenated alkanes) is 9. The molecule has 0 amide bonds. The molecule has 1 unspecified atom stereocenters. The van der Waals surface area contributed by atoms with Gasteiger partial charge < -0.3 is 19.1 Å². The molecule has 0 aliphatic carbocycles. The first-order chi connectivity index (χ1) is 17.5. The molecule has 0 aliphatic rings. The molecule has 0 rings (SSSR count). The highest BCUT2D eigenvalue weighted by Gasteiger charge is 2.17. The largest absolute Gasteiger partial charge is 0.468 e. The van der Waals surface area contributed by atoms with Crippen LogP contribution in [0.3, 0.4) is 0 Å². The number of hydrogen-bond acceptors (Lipinski definition) is 6. The van der Waals surface area contributed by atoms with Crippen molar-refractivity contribution in [1.29, 1.82) is 0 Å². The van der Waals surface area contributed by atoms with E-state index in [0.717, 1.165) is 71.0 Å². The lowest BCUT2D eigenvalue weighted by atomic mass is 9.98. The highest BCUT2D eigenvalue weighted by atomic mass is 16.5. The number of rotatable bonds is 25. The van der Waals surface area contributed by atoms with Crippen molar-refractivity contribution in [2.45, 2.75) is 137 Å². The van der Waals surface area contributed by atoms with E-state index in [-0.39, 0.29) is 11.9 Å². The van der Waals surface area contributed by atoms with E-state index in [1.165, 1.54) is 45.1 Å². The summed E-state index contributed by atoms with van der Waals surface area (Å²) in [6.45, 7) is 15.3. The van der Waals surface area contributed by atoms with Gasteiger partial charge in [-0.2, -0.15) is 0 Å². The predicted molar refractivity (Wildman–Crippen MR) is 151 cm³/mol. The molecule has 36 heavy (non-hydrogen) atoms. The zero-order valence-corrected chi connectivity index (χ0v) is 24.9. The molecule has 0 fully saturated rings. The van der Waals surface area contributed by atoms with Crippen molar-refractivity contribution in [2.75, 3.05) is 40.0 Å². The van der Waals surface area contributed by atoms with Crippen LogP contribution in [0.15, 0.2) is 0 Å². The molecule has 0 radical (unpaired) electrons. The number of esters is 1. The Bertz CT molecular complexity index is 461. The van der Waals surface area contributed by atoms with Crippen LogP contribution in [0, 0.1) is 5.92 Å². The van der Waals surface area contributed by atoms with Crippen molar-refractivity contribution in [2.24, 2.45) is 5.92 Å². The molecular weight excluding hydrogens is 454 g/mol. The minimum absolute atomic E-state index is 0.0329. The van der Waals surface area contributed by atoms with Gasteiger partial charge in [0.1, 0.15) is 0 Å². The lowest BCUT2D eigenvalue weighted by Gasteiger charge is -2.23. The second-order valence-electron chi connectivity index (χ2n) is 9.85. The zero-order chi connectivity index (χ0) is 27.3. The molecule has 0 aromatic carbocycles. The fourth-order valence-electron chi connectivity index (χ4n) is 3.88. The van der Waals surface area contributed by atoms with Crippen molar-refractivity contribution in [3.63, 3.8) is 0 Å². The van der Waals surface area contributed by atoms with Gasteiger partial charge in [-0.1, -0.05) is 65.7 Å². The Morgan fingerprint density at radius 1 is 0.778 bits per heavy atom. The Kier molecular flexibility index (Phi) is 30.9. The van der Waals surface area contributed by atoms with E-state index in [1.807, 2.05) is 6.92 Å². The number of hydrogen-bond donors (Lipinski definition) is 0. The van der Waals surface area contributed by atoms with Gasteiger partial charge in [-0.25, -0.2) is 0 Å². The Labute approximate surface area is 224 Å². The first-order valence-electron chi connectivity index (χ1n) is 15.0. The molecular formula is C30H61NO5. The summed E-state index contributed by atoms with van der Waals surface area (Å²) < 4.78 is 15.2. The topological polar surface area (TPSA) is 65.1 Å². The van der Waals surface area contributed by atoms with E-state index in [4.69, 9.17) is 9.47 Å². The minimum atomic E-state index is 0.0329. The van der Waals surface area contributed by atoms with E-state index in [9.17, 15) is 9.59 Å². The Balaban J connectivity index is 0. The average Bonchev–Trinajstić information content (AvgIpc) is 2.89. The maximum absolute atomic E-state index is 12.1. The molecule has 2 atom stereocenters. The summed E-state index contributed by atoms with van der Waals surface area (Å²) in [7, 11) is 2.21. The number of ether oxygens (including phenoxy) is 3. The third-order valence-corrected chi connectivity index (χ3v) is 6.80. The summed E-state index contributed by atoms with van der Waals surface area (Å²) in [5, 5.41) is 0. The monoisotopic (exact) mass is 515 g/mol. The summed E-state index contributed by atoms with van der Waals surface area (Å²) >= 11 is 0. The van der Waals surface area contributed by atoms with Gasteiger partial charge >= 0.3 is 5.97 Å². The highest BCUT2D eigenvalue weighted by Crippen LogP contribution is 2.16. The minimum Gasteiger partial charge on any atom is -0.468 e. The highest BCUT2D eigenvalue weighted by molar-refractivity contribution is 5.72. The maximum atomic E-state index is 12.1. The molecule has 0 N–H and O–H groups in total. The Morgan fingerprint density at radius 3 is 1.97 bits per heavy atom. The van der Waals surface area contributed by atoms with Gasteiger partial charge in [0.25, 0.3) is 6.47 Å². The molecule has 6 nitrogen and oxygen atoms in total. The molecule has 0 bridgehead atoms. The molecule has 0 aromatic rings. The van der Waals surface area contributed by atoms with Gasteiger partial charge in [-0.3, -0.25) is 9.59 Å². The third-order valence-electron chi connectivity index (χ3n) is 6.80. The van der Waals surface area contributed by atoms with Gasteiger partial charge in [-0.05, 0) is 78.8 Å². The van der Waals surface area contributed by atoms with Crippen LogP contribution in [0.2, 0.25) is 0 Å². The van der Waals surface area contributed by atoms with Crippen LogP contribution in [0.5, 0.6) is 0 Å². The SMILES string of the molecule is CCCCCCC(CC)C(=O)OCCCCCCN(C)[C@H](C)CC.CCOCCCCCCOC=O. The molecule has 216 valence electrons. The van der Waals surface area contributed by atoms with Crippen molar-refractivity contribution < 1.29 is 23.8 Å². The fourth-order valence-corrected chi connectivity index (χ4v) is 3.88. The Hall–Kier alpha value is -1.14. The molecule has 0 saturated carbocycles. The molecule has 0 aromatic heterocycles. The van der Waals surface area contributed by atoms with Crippen LogP contribution < -0.4 is 0 Å². The quantitative estimate of drug-likeness (QED) is 0.0709. The first kappa shape index (κ1) is 37.0. The van der Waals surface area contributed by atoms with Gasteiger partial charge in [0, 0.05) is 19.3 Å². The standard InChI is InChI=1S/C21H43NO2.C9H18O3/c1-6-9-10-13-16-20(8-3)21(23)24-18-15-12-11-14-17-22(5)19(4)7-2;1-2-11-7-5-3-4-6-8-12-9-10/h19-20H,6-18H2,1-5H3;9H,2-8H2,1H3/t19-,20?;/m1./s1. The third kappa shape index (κ3) is 25.9. The van der Waals surface area contributed by atoms with Crippen LogP contribution in [0.1, 0.15) is 131 Å². The van der Waals surface area contributed by atoms with Gasteiger partial charge in [0.2, 0.25) is 0 Å². The summed E-state index contributed by atoms with van der Waals surface area (Å²) in [6, 6.07) is 0.675. The van der Waals surface area contributed by atoms with Crippen LogP contribution in [0.25, 0.3) is 0 Å². The van der Waals surface area contributed by atoms with Gasteiger partial charge in [0.05, 0.1) is 19.1 Å². The predicted octanol–water partition coefficient (Wildman–Crippen LogP) is 7.57. The van der Waals surface area contributed by atoms with Gasteiger partial charge in [-0.15, -0.1) is 0 Å². The van der Waals surface area contributed by atoms with Crippen molar-refractivity contribution in [3.05, 3.63) is 0 Å². The molecule has 6 heteroatoms. The van der Waals surface area contributed by atoms with Crippen LogP contribution in [-0.4, -0.2) is 63.4 Å². The van der Waals surface area contributed by atoms with Crippen LogP contribution in [0.4, 0.5) is 0 Å². The number of carbonyl (C=O) groups is 2. The normalized spacial score (nSPS) is 12.5. The van der Waals surface area contributed by atoms with E-state index < -0.39 is 0 Å². The second kappa shape index (κ2) is 30.1. The van der Waals surface area contributed by atoms with Crippen molar-refractivity contribution in [3.8, 4) is 0 Å². The summed E-state index contributed by atoms with van der Waals surface area (Å²) in [5.74, 6) is 0.150. The van der Waals surface area contributed by atoms with E-state index in [1.54, 1.807) is 0 Å². The summed E-state index contributed by atoms with van der Waals surface area (Å²) in [6.07, 6.45) is 17.0. The van der Waals surface area contributed by atoms with Gasteiger partial charge in [0.15, 0.2) is 0 Å². The smallest absolute Gasteiger partial charge is 0.308 e. The fraction of sp³-hybridized carbons (Fsp3) is 0.933. The first-order valence-corrected chi connectivity index (χ1v) is 15.0. The molecule has 0 saturated heterocycles.